The van der Waals surface area contributed by atoms with Gasteiger partial charge in [-0.2, -0.15) is 0 Å². The van der Waals surface area contributed by atoms with Crippen LogP contribution < -0.4 is 0 Å². The van der Waals surface area contributed by atoms with Crippen LogP contribution in [-0.4, -0.2) is 13.7 Å². The van der Waals surface area contributed by atoms with Gasteiger partial charge < -0.3 is 4.74 Å². The van der Waals surface area contributed by atoms with Gasteiger partial charge in [-0.05, 0) is 42.9 Å². The Morgan fingerprint density at radius 1 is 0.917 bits per heavy atom. The van der Waals surface area contributed by atoms with Gasteiger partial charge in [0.15, 0.2) is 0 Å². The molecule has 2 aromatic carbocycles. The topological polar surface area (TPSA) is 9.23 Å². The summed E-state index contributed by atoms with van der Waals surface area (Å²) in [4.78, 5) is 0. The monoisotopic (exact) mass is 330 g/mol. The van der Waals surface area contributed by atoms with Crippen LogP contribution in [0.1, 0.15) is 51.5 Å². The van der Waals surface area contributed by atoms with Gasteiger partial charge in [-0.1, -0.05) is 74.7 Å². The summed E-state index contributed by atoms with van der Waals surface area (Å²) in [5.41, 5.74) is 1.40. The number of hydrogen-bond donors (Lipinski definition) is 0. The molecular formula is C22H31FO. The van der Waals surface area contributed by atoms with Crippen LogP contribution in [0.5, 0.6) is 0 Å². The van der Waals surface area contributed by atoms with E-state index in [2.05, 4.69) is 17.7 Å². The van der Waals surface area contributed by atoms with E-state index in [9.17, 15) is 4.39 Å². The molecule has 0 N–H and O–H groups in total. The zero-order chi connectivity index (χ0) is 17.7. The van der Waals surface area contributed by atoms with Crippen molar-refractivity contribution < 1.29 is 9.13 Å². The Labute approximate surface area is 146 Å². The SMILES string of the molecule is CC1(c2cccc(F)c2)CCCCC1.CCOC.c1ccccc1. The maximum Gasteiger partial charge on any atom is 0.123 e. The van der Waals surface area contributed by atoms with E-state index in [1.807, 2.05) is 49.4 Å². The van der Waals surface area contributed by atoms with Gasteiger partial charge in [0.2, 0.25) is 0 Å². The van der Waals surface area contributed by atoms with E-state index in [0.29, 0.717) is 0 Å². The van der Waals surface area contributed by atoms with Gasteiger partial charge in [-0.25, -0.2) is 4.39 Å². The van der Waals surface area contributed by atoms with Gasteiger partial charge >= 0.3 is 0 Å². The summed E-state index contributed by atoms with van der Waals surface area (Å²) in [6, 6.07) is 19.1. The zero-order valence-corrected chi connectivity index (χ0v) is 15.3. The minimum atomic E-state index is -0.103. The number of ether oxygens (including phenoxy) is 1. The standard InChI is InChI=1S/C13H17F.C6H6.C3H8O/c1-13(8-3-2-4-9-13)11-6-5-7-12(14)10-11;1-2-4-6-5-3-1;1-3-4-2/h5-7,10H,2-4,8-9H2,1H3;1-6H;3H2,1-2H3. The molecule has 1 aliphatic carbocycles. The summed E-state index contributed by atoms with van der Waals surface area (Å²) in [7, 11) is 1.68. The van der Waals surface area contributed by atoms with Gasteiger partial charge in [0.25, 0.3) is 0 Å². The molecule has 132 valence electrons. The molecule has 0 amide bonds. The minimum Gasteiger partial charge on any atom is -0.385 e. The van der Waals surface area contributed by atoms with Crippen molar-refractivity contribution in [3.63, 3.8) is 0 Å². The van der Waals surface area contributed by atoms with Crippen LogP contribution in [0, 0.1) is 5.82 Å². The Kier molecular flexibility index (Phi) is 10.0. The van der Waals surface area contributed by atoms with Crippen LogP contribution in [0.25, 0.3) is 0 Å². The van der Waals surface area contributed by atoms with Gasteiger partial charge in [0, 0.05) is 13.7 Å². The Balaban J connectivity index is 0.000000238. The maximum atomic E-state index is 13.1. The second kappa shape index (κ2) is 11.8. The highest BCUT2D eigenvalue weighted by Gasteiger charge is 2.28. The van der Waals surface area contributed by atoms with E-state index in [1.165, 1.54) is 43.7 Å². The molecule has 1 nitrogen and oxygen atoms in total. The highest BCUT2D eigenvalue weighted by molar-refractivity contribution is 5.25. The first kappa shape index (κ1) is 20.4. The lowest BCUT2D eigenvalue weighted by atomic mass is 9.71. The summed E-state index contributed by atoms with van der Waals surface area (Å²) < 4.78 is 17.6. The van der Waals surface area contributed by atoms with Crippen molar-refractivity contribution in [3.05, 3.63) is 72.0 Å². The quantitative estimate of drug-likeness (QED) is 0.620. The lowest BCUT2D eigenvalue weighted by molar-refractivity contribution is 0.215. The molecule has 0 aromatic heterocycles. The number of methoxy groups -OCH3 is 1. The van der Waals surface area contributed by atoms with Gasteiger partial charge in [-0.15, -0.1) is 0 Å². The van der Waals surface area contributed by atoms with Crippen LogP contribution >= 0.6 is 0 Å². The van der Waals surface area contributed by atoms with Crippen LogP contribution in [0.4, 0.5) is 4.39 Å². The second-order valence-corrected chi connectivity index (χ2v) is 6.36. The molecular weight excluding hydrogens is 299 g/mol. The number of rotatable bonds is 2. The van der Waals surface area contributed by atoms with Crippen LogP contribution in [-0.2, 0) is 10.2 Å². The minimum absolute atomic E-state index is 0.103. The number of hydrogen-bond acceptors (Lipinski definition) is 1. The predicted octanol–water partition coefficient (Wildman–Crippen LogP) is 6.39. The van der Waals surface area contributed by atoms with Crippen LogP contribution in [0.3, 0.4) is 0 Å². The van der Waals surface area contributed by atoms with Crippen molar-refractivity contribution in [1.82, 2.24) is 0 Å². The molecule has 0 atom stereocenters. The van der Waals surface area contributed by atoms with Crippen molar-refractivity contribution in [2.75, 3.05) is 13.7 Å². The van der Waals surface area contributed by atoms with Gasteiger partial charge in [0.05, 0.1) is 0 Å². The predicted molar refractivity (Wildman–Crippen MR) is 101 cm³/mol. The molecule has 0 unspecified atom stereocenters. The normalized spacial score (nSPS) is 15.3. The Morgan fingerprint density at radius 3 is 1.83 bits per heavy atom. The molecule has 0 bridgehead atoms. The average Bonchev–Trinajstić information content (AvgIpc) is 2.64. The Bertz CT molecular complexity index is 504. The first-order chi connectivity index (χ1) is 11.6. The van der Waals surface area contributed by atoms with E-state index < -0.39 is 0 Å². The molecule has 1 saturated carbocycles. The Hall–Kier alpha value is -1.67. The van der Waals surface area contributed by atoms with Crippen molar-refractivity contribution in [2.24, 2.45) is 0 Å². The summed E-state index contributed by atoms with van der Waals surface area (Å²) >= 11 is 0. The van der Waals surface area contributed by atoms with Crippen molar-refractivity contribution in [2.45, 2.75) is 51.4 Å². The highest BCUT2D eigenvalue weighted by atomic mass is 19.1. The third-order valence-corrected chi connectivity index (χ3v) is 4.43. The van der Waals surface area contributed by atoms with Crippen LogP contribution in [0.15, 0.2) is 60.7 Å². The maximum absolute atomic E-state index is 13.1. The number of benzene rings is 2. The molecule has 0 heterocycles. The summed E-state index contributed by atoms with van der Waals surface area (Å²) in [5, 5.41) is 0. The summed E-state index contributed by atoms with van der Waals surface area (Å²) in [6.07, 6.45) is 6.32. The molecule has 24 heavy (non-hydrogen) atoms. The fraction of sp³-hybridized carbons (Fsp3) is 0.455. The van der Waals surface area contributed by atoms with Gasteiger partial charge in [0.1, 0.15) is 5.82 Å². The van der Waals surface area contributed by atoms with Gasteiger partial charge in [-0.3, -0.25) is 0 Å². The molecule has 2 heteroatoms. The van der Waals surface area contributed by atoms with E-state index in [0.717, 1.165) is 6.61 Å². The summed E-state index contributed by atoms with van der Waals surface area (Å²) in [6.45, 7) is 5.04. The van der Waals surface area contributed by atoms with E-state index in [4.69, 9.17) is 0 Å². The summed E-state index contributed by atoms with van der Waals surface area (Å²) in [5.74, 6) is -0.103. The molecule has 1 fully saturated rings. The third kappa shape index (κ3) is 7.74. The van der Waals surface area contributed by atoms with E-state index in [1.54, 1.807) is 13.2 Å². The molecule has 0 radical (unpaired) electrons. The number of halogens is 1. The molecule has 1 aliphatic rings. The zero-order valence-electron chi connectivity index (χ0n) is 15.3. The van der Waals surface area contributed by atoms with Crippen LogP contribution in [0.2, 0.25) is 0 Å². The highest BCUT2D eigenvalue weighted by Crippen LogP contribution is 2.38. The first-order valence-corrected chi connectivity index (χ1v) is 8.87. The molecule has 3 rings (SSSR count). The smallest absolute Gasteiger partial charge is 0.123 e. The van der Waals surface area contributed by atoms with E-state index in [-0.39, 0.29) is 11.2 Å². The van der Waals surface area contributed by atoms with Crippen molar-refractivity contribution in [1.29, 1.82) is 0 Å². The Morgan fingerprint density at radius 2 is 1.42 bits per heavy atom. The first-order valence-electron chi connectivity index (χ1n) is 8.87. The average molecular weight is 330 g/mol. The largest absolute Gasteiger partial charge is 0.385 e. The molecule has 0 aliphatic heterocycles. The fourth-order valence-electron chi connectivity index (χ4n) is 2.87. The lowest BCUT2D eigenvalue weighted by Gasteiger charge is -2.34. The third-order valence-electron chi connectivity index (χ3n) is 4.43. The lowest BCUT2D eigenvalue weighted by Crippen LogP contribution is -2.24. The van der Waals surface area contributed by atoms with Crippen molar-refractivity contribution >= 4 is 0 Å². The van der Waals surface area contributed by atoms with Crippen molar-refractivity contribution in [3.8, 4) is 0 Å². The second-order valence-electron chi connectivity index (χ2n) is 6.36. The molecule has 0 saturated heterocycles. The van der Waals surface area contributed by atoms with E-state index >= 15 is 0 Å². The fourth-order valence-corrected chi connectivity index (χ4v) is 2.87. The molecule has 0 spiro atoms. The molecule has 2 aromatic rings.